The summed E-state index contributed by atoms with van der Waals surface area (Å²) in [6.45, 7) is 7.01. The lowest BCUT2D eigenvalue weighted by Crippen LogP contribution is -2.22. The molecule has 0 aromatic carbocycles. The molecule has 5 rings (SSSR count). The molecule has 1 aliphatic heterocycles. The third-order valence-electron chi connectivity index (χ3n) is 5.77. The van der Waals surface area contributed by atoms with Crippen LogP contribution in [-0.2, 0) is 17.8 Å². The number of hydrogen-bond acceptors (Lipinski definition) is 6. The first-order chi connectivity index (χ1) is 15.2. The van der Waals surface area contributed by atoms with E-state index in [9.17, 15) is 0 Å². The van der Waals surface area contributed by atoms with Crippen LogP contribution in [0.4, 0.5) is 0 Å². The van der Waals surface area contributed by atoms with Gasteiger partial charge in [-0.15, -0.1) is 0 Å². The molecule has 0 radical (unpaired) electrons. The van der Waals surface area contributed by atoms with Crippen LogP contribution >= 0.6 is 0 Å². The quantitative estimate of drug-likeness (QED) is 0.478. The van der Waals surface area contributed by atoms with Crippen molar-refractivity contribution in [2.24, 2.45) is 0 Å². The Morgan fingerprint density at radius 1 is 1.19 bits per heavy atom. The van der Waals surface area contributed by atoms with Crippen molar-refractivity contribution in [3.8, 4) is 11.4 Å². The average molecular weight is 419 g/mol. The summed E-state index contributed by atoms with van der Waals surface area (Å²) in [6, 6.07) is 6.58. The van der Waals surface area contributed by atoms with Crippen LogP contribution in [0.2, 0.25) is 0 Å². The third kappa shape index (κ3) is 4.00. The predicted molar refractivity (Wildman–Crippen MR) is 114 cm³/mol. The molecule has 1 fully saturated rings. The number of nitrogens with zero attached hydrogens (tertiary/aromatic N) is 8. The Morgan fingerprint density at radius 3 is 2.87 bits per heavy atom. The molecule has 4 aromatic rings. The number of pyridine rings is 1. The molecule has 0 saturated carbocycles. The maximum atomic E-state index is 5.75. The zero-order chi connectivity index (χ0) is 21.2. The molecule has 1 atom stereocenters. The molecule has 1 unspecified atom stereocenters. The highest BCUT2D eigenvalue weighted by molar-refractivity contribution is 5.61. The fourth-order valence-electron chi connectivity index (χ4n) is 4.38. The van der Waals surface area contributed by atoms with E-state index in [4.69, 9.17) is 14.8 Å². The maximum Gasteiger partial charge on any atom is 0.172 e. The molecule has 0 amide bonds. The van der Waals surface area contributed by atoms with Gasteiger partial charge >= 0.3 is 0 Å². The highest BCUT2D eigenvalue weighted by Crippen LogP contribution is 2.31. The van der Waals surface area contributed by atoms with E-state index in [-0.39, 0.29) is 0 Å². The number of hydrogen-bond donors (Lipinski definition) is 0. The van der Waals surface area contributed by atoms with E-state index in [2.05, 4.69) is 45.6 Å². The van der Waals surface area contributed by atoms with Gasteiger partial charge in [0.15, 0.2) is 11.6 Å². The second kappa shape index (κ2) is 8.43. The van der Waals surface area contributed by atoms with Crippen molar-refractivity contribution in [3.05, 3.63) is 66.0 Å². The van der Waals surface area contributed by atoms with Crippen molar-refractivity contribution < 1.29 is 4.74 Å². The number of ether oxygens (including phenoxy) is 1. The van der Waals surface area contributed by atoms with E-state index in [1.165, 1.54) is 17.7 Å². The molecular weight excluding hydrogens is 392 g/mol. The standard InChI is InChI=1S/C22H26N8O/c1-16-9-20(17(2)30(16)19-6-4-8-31-13-19)22-26-21(12-28-15-24-14-25-28)27-29(22)11-18-5-3-7-23-10-18/h3,5,7,9-10,14-15,19H,4,6,8,11-13H2,1-2H3. The van der Waals surface area contributed by atoms with Gasteiger partial charge in [0.1, 0.15) is 19.2 Å². The molecule has 1 aliphatic rings. The Labute approximate surface area is 180 Å². The van der Waals surface area contributed by atoms with Crippen molar-refractivity contribution >= 4 is 0 Å². The summed E-state index contributed by atoms with van der Waals surface area (Å²) in [7, 11) is 0. The molecule has 4 aromatic heterocycles. The number of rotatable bonds is 6. The second-order valence-corrected chi connectivity index (χ2v) is 7.99. The molecule has 160 valence electrons. The normalized spacial score (nSPS) is 16.6. The lowest BCUT2D eigenvalue weighted by Gasteiger charge is -2.26. The van der Waals surface area contributed by atoms with E-state index >= 15 is 0 Å². The Bertz CT molecular complexity index is 1140. The SMILES string of the molecule is Cc1cc(-c2nc(Cn3cncn3)nn2Cc2cccnc2)c(C)n1C1CCCOC1. The minimum atomic E-state index is 0.367. The van der Waals surface area contributed by atoms with Crippen molar-refractivity contribution in [2.45, 2.75) is 45.8 Å². The number of aromatic nitrogens is 8. The summed E-state index contributed by atoms with van der Waals surface area (Å²) in [6.07, 6.45) is 9.07. The first-order valence-corrected chi connectivity index (χ1v) is 10.6. The molecule has 5 heterocycles. The van der Waals surface area contributed by atoms with Crippen LogP contribution in [0.15, 0.2) is 43.2 Å². The van der Waals surface area contributed by atoms with Crippen LogP contribution in [-0.4, -0.2) is 52.3 Å². The topological polar surface area (TPSA) is 88.5 Å². The van der Waals surface area contributed by atoms with Crippen LogP contribution in [0.5, 0.6) is 0 Å². The van der Waals surface area contributed by atoms with Crippen molar-refractivity contribution in [1.29, 1.82) is 0 Å². The second-order valence-electron chi connectivity index (χ2n) is 7.99. The lowest BCUT2D eigenvalue weighted by molar-refractivity contribution is 0.0581. The zero-order valence-electron chi connectivity index (χ0n) is 17.8. The largest absolute Gasteiger partial charge is 0.379 e. The summed E-state index contributed by atoms with van der Waals surface area (Å²) in [5, 5.41) is 9.00. The van der Waals surface area contributed by atoms with E-state index in [1.54, 1.807) is 17.2 Å². The maximum absolute atomic E-state index is 5.75. The fourth-order valence-corrected chi connectivity index (χ4v) is 4.38. The summed E-state index contributed by atoms with van der Waals surface area (Å²) < 4.78 is 11.8. The summed E-state index contributed by atoms with van der Waals surface area (Å²) in [4.78, 5) is 13.2. The molecule has 0 spiro atoms. The Balaban J connectivity index is 1.54. The number of aryl methyl sites for hydroxylation is 1. The van der Waals surface area contributed by atoms with E-state index in [0.29, 0.717) is 25.0 Å². The molecule has 9 heteroatoms. The minimum Gasteiger partial charge on any atom is -0.379 e. The van der Waals surface area contributed by atoms with Crippen LogP contribution in [0, 0.1) is 13.8 Å². The minimum absolute atomic E-state index is 0.367. The van der Waals surface area contributed by atoms with Gasteiger partial charge in [-0.3, -0.25) is 4.98 Å². The van der Waals surface area contributed by atoms with Gasteiger partial charge in [0.05, 0.1) is 19.2 Å². The zero-order valence-corrected chi connectivity index (χ0v) is 17.8. The Kier molecular flexibility index (Phi) is 5.33. The van der Waals surface area contributed by atoms with E-state index in [1.807, 2.05) is 16.9 Å². The molecule has 31 heavy (non-hydrogen) atoms. The molecule has 1 saturated heterocycles. The lowest BCUT2D eigenvalue weighted by atomic mass is 10.1. The first-order valence-electron chi connectivity index (χ1n) is 10.6. The van der Waals surface area contributed by atoms with Gasteiger partial charge in [-0.05, 0) is 44.4 Å². The van der Waals surface area contributed by atoms with Crippen LogP contribution in [0.1, 0.15) is 41.7 Å². The highest BCUT2D eigenvalue weighted by atomic mass is 16.5. The summed E-state index contributed by atoms with van der Waals surface area (Å²) in [5.41, 5.74) is 4.59. The van der Waals surface area contributed by atoms with Gasteiger partial charge in [-0.1, -0.05) is 6.07 Å². The van der Waals surface area contributed by atoms with Crippen molar-refractivity contribution in [2.75, 3.05) is 13.2 Å². The highest BCUT2D eigenvalue weighted by Gasteiger charge is 2.24. The van der Waals surface area contributed by atoms with Gasteiger partial charge < -0.3 is 9.30 Å². The predicted octanol–water partition coefficient (Wildman–Crippen LogP) is 2.80. The van der Waals surface area contributed by atoms with Gasteiger partial charge in [0.25, 0.3) is 0 Å². The third-order valence-corrected chi connectivity index (χ3v) is 5.77. The van der Waals surface area contributed by atoms with Gasteiger partial charge in [-0.25, -0.2) is 19.3 Å². The van der Waals surface area contributed by atoms with Crippen molar-refractivity contribution in [3.63, 3.8) is 0 Å². The smallest absolute Gasteiger partial charge is 0.172 e. The summed E-state index contributed by atoms with van der Waals surface area (Å²) >= 11 is 0. The molecular formula is C22H26N8O. The van der Waals surface area contributed by atoms with Gasteiger partial charge in [0, 0.05) is 36.0 Å². The molecule has 0 N–H and O–H groups in total. The van der Waals surface area contributed by atoms with Crippen LogP contribution in [0.3, 0.4) is 0 Å². The average Bonchev–Trinajstić information content (AvgIpc) is 3.50. The van der Waals surface area contributed by atoms with Gasteiger partial charge in [-0.2, -0.15) is 10.2 Å². The molecule has 0 aliphatic carbocycles. The molecule has 0 bridgehead atoms. The van der Waals surface area contributed by atoms with Crippen LogP contribution < -0.4 is 0 Å². The Hall–Kier alpha value is -3.33. The van der Waals surface area contributed by atoms with Crippen molar-refractivity contribution in [1.82, 2.24) is 39.1 Å². The monoisotopic (exact) mass is 418 g/mol. The van der Waals surface area contributed by atoms with Gasteiger partial charge in [0.2, 0.25) is 0 Å². The fraction of sp³-hybridized carbons (Fsp3) is 0.409. The molecule has 9 nitrogen and oxygen atoms in total. The Morgan fingerprint density at radius 2 is 2.13 bits per heavy atom. The summed E-state index contributed by atoms with van der Waals surface area (Å²) in [5.74, 6) is 1.56. The first kappa shape index (κ1) is 19.6. The van der Waals surface area contributed by atoms with E-state index in [0.717, 1.165) is 43.0 Å². The van der Waals surface area contributed by atoms with Crippen LogP contribution in [0.25, 0.3) is 11.4 Å². The van der Waals surface area contributed by atoms with E-state index < -0.39 is 0 Å².